The van der Waals surface area contributed by atoms with E-state index in [4.69, 9.17) is 5.26 Å². The molecule has 3 heteroatoms. The van der Waals surface area contributed by atoms with Crippen LogP contribution < -0.4 is 5.32 Å². The van der Waals surface area contributed by atoms with Crippen molar-refractivity contribution in [3.8, 4) is 6.07 Å². The second-order valence-electron chi connectivity index (χ2n) is 3.06. The van der Waals surface area contributed by atoms with Gasteiger partial charge in [-0.3, -0.25) is 4.79 Å². The third-order valence-electron chi connectivity index (χ3n) is 2.17. The Kier molecular flexibility index (Phi) is 1.75. The Balaban J connectivity index is 2.15. The van der Waals surface area contributed by atoms with Crippen LogP contribution in [-0.4, -0.2) is 5.91 Å². The fourth-order valence-electron chi connectivity index (χ4n) is 1.35. The number of hydrogen-bond donors (Lipinski definition) is 1. The van der Waals surface area contributed by atoms with Gasteiger partial charge in [0.1, 0.15) is 0 Å². The van der Waals surface area contributed by atoms with Gasteiger partial charge in [-0.2, -0.15) is 5.26 Å². The van der Waals surface area contributed by atoms with E-state index in [9.17, 15) is 4.79 Å². The Morgan fingerprint density at radius 3 is 2.46 bits per heavy atom. The lowest BCUT2D eigenvalue weighted by Gasteiger charge is -2.27. The van der Waals surface area contributed by atoms with Crippen LogP contribution in [-0.2, 0) is 4.79 Å². The molecule has 1 amide bonds. The first-order valence-electron chi connectivity index (χ1n) is 4.09. The number of amides is 1. The average Bonchev–Trinajstić information content (AvgIpc) is 2.13. The van der Waals surface area contributed by atoms with Crippen molar-refractivity contribution in [2.45, 2.75) is 12.5 Å². The van der Waals surface area contributed by atoms with E-state index in [1.165, 1.54) is 0 Å². The molecule has 2 rings (SSSR count). The van der Waals surface area contributed by atoms with Gasteiger partial charge in [0.2, 0.25) is 5.91 Å². The molecule has 1 atom stereocenters. The molecule has 1 aromatic rings. The van der Waals surface area contributed by atoms with E-state index in [0.717, 1.165) is 5.56 Å². The molecule has 1 heterocycles. The van der Waals surface area contributed by atoms with Crippen LogP contribution in [0.5, 0.6) is 0 Å². The highest BCUT2D eigenvalue weighted by Gasteiger charge is 2.26. The van der Waals surface area contributed by atoms with Gasteiger partial charge in [0.15, 0.2) is 0 Å². The summed E-state index contributed by atoms with van der Waals surface area (Å²) < 4.78 is 0. The maximum Gasteiger partial charge on any atom is 0.222 e. The van der Waals surface area contributed by atoms with Crippen LogP contribution in [0.2, 0.25) is 0 Å². The molecule has 1 aromatic carbocycles. The summed E-state index contributed by atoms with van der Waals surface area (Å²) in [6, 6.07) is 9.49. The Bertz CT molecular complexity index is 367. The summed E-state index contributed by atoms with van der Waals surface area (Å²) in [5.74, 6) is 0.0920. The number of carbonyl (C=O) groups excluding carboxylic acids is 1. The zero-order chi connectivity index (χ0) is 9.26. The molecule has 64 valence electrons. The molecule has 1 fully saturated rings. The summed E-state index contributed by atoms with van der Waals surface area (Å²) >= 11 is 0. The van der Waals surface area contributed by atoms with E-state index in [1.807, 2.05) is 12.1 Å². The predicted octanol–water partition coefficient (Wildman–Crippen LogP) is 1.12. The standard InChI is InChI=1S/C10H8N2O/c11-6-7-1-3-8(4-2-7)9-5-10(13)12-9/h1-4,9H,5H2,(H,12,13)/t9-/m0/s1. The van der Waals surface area contributed by atoms with E-state index in [0.29, 0.717) is 12.0 Å². The normalized spacial score (nSPS) is 19.9. The quantitative estimate of drug-likeness (QED) is 0.645. The molecule has 0 aliphatic carbocycles. The zero-order valence-electron chi connectivity index (χ0n) is 6.95. The van der Waals surface area contributed by atoms with Crippen molar-refractivity contribution in [2.24, 2.45) is 0 Å². The van der Waals surface area contributed by atoms with Crippen LogP contribution in [0.15, 0.2) is 24.3 Å². The van der Waals surface area contributed by atoms with Crippen molar-refractivity contribution >= 4 is 5.91 Å². The number of rotatable bonds is 1. The van der Waals surface area contributed by atoms with E-state index in [-0.39, 0.29) is 11.9 Å². The summed E-state index contributed by atoms with van der Waals surface area (Å²) in [4.78, 5) is 10.6. The number of nitriles is 1. The average molecular weight is 172 g/mol. The molecule has 0 spiro atoms. The smallest absolute Gasteiger partial charge is 0.222 e. The summed E-state index contributed by atoms with van der Waals surface area (Å²) in [7, 11) is 0. The molecule has 1 aliphatic heterocycles. The molecule has 1 N–H and O–H groups in total. The fourth-order valence-corrected chi connectivity index (χ4v) is 1.35. The number of benzene rings is 1. The SMILES string of the molecule is N#Cc1ccc([C@@H]2CC(=O)N2)cc1. The van der Waals surface area contributed by atoms with Gasteiger partial charge in [-0.25, -0.2) is 0 Å². The van der Waals surface area contributed by atoms with Crippen LogP contribution in [0.3, 0.4) is 0 Å². The van der Waals surface area contributed by atoms with Gasteiger partial charge in [-0.15, -0.1) is 0 Å². The molecule has 1 saturated heterocycles. The molecule has 0 radical (unpaired) electrons. The van der Waals surface area contributed by atoms with Crippen molar-refractivity contribution in [2.75, 3.05) is 0 Å². The number of hydrogen-bond acceptors (Lipinski definition) is 2. The van der Waals surface area contributed by atoms with E-state index in [2.05, 4.69) is 11.4 Å². The third-order valence-corrected chi connectivity index (χ3v) is 2.17. The van der Waals surface area contributed by atoms with Crippen LogP contribution in [0, 0.1) is 11.3 Å². The molecular formula is C10H8N2O. The van der Waals surface area contributed by atoms with Crippen molar-refractivity contribution in [3.05, 3.63) is 35.4 Å². The lowest BCUT2D eigenvalue weighted by molar-refractivity contribution is -0.128. The van der Waals surface area contributed by atoms with Gasteiger partial charge in [-0.1, -0.05) is 12.1 Å². The number of carbonyl (C=O) groups is 1. The summed E-state index contributed by atoms with van der Waals surface area (Å²) in [6.07, 6.45) is 0.561. The van der Waals surface area contributed by atoms with E-state index < -0.39 is 0 Å². The first kappa shape index (κ1) is 7.81. The van der Waals surface area contributed by atoms with E-state index >= 15 is 0 Å². The Morgan fingerprint density at radius 1 is 1.38 bits per heavy atom. The van der Waals surface area contributed by atoms with Crippen molar-refractivity contribution in [3.63, 3.8) is 0 Å². The Hall–Kier alpha value is -1.82. The van der Waals surface area contributed by atoms with Gasteiger partial charge in [0.05, 0.1) is 24.1 Å². The predicted molar refractivity (Wildman–Crippen MR) is 46.7 cm³/mol. The Labute approximate surface area is 76.0 Å². The number of nitrogens with one attached hydrogen (secondary N) is 1. The molecule has 0 saturated carbocycles. The van der Waals surface area contributed by atoms with Crippen LogP contribution in [0.25, 0.3) is 0 Å². The molecule has 0 aromatic heterocycles. The number of nitrogens with zero attached hydrogens (tertiary/aromatic N) is 1. The topological polar surface area (TPSA) is 52.9 Å². The largest absolute Gasteiger partial charge is 0.349 e. The minimum absolute atomic E-state index is 0.0920. The zero-order valence-corrected chi connectivity index (χ0v) is 6.95. The summed E-state index contributed by atoms with van der Waals surface area (Å²) in [6.45, 7) is 0. The molecule has 3 nitrogen and oxygen atoms in total. The number of β-lactam (4-membered cyclic amide) rings is 1. The monoisotopic (exact) mass is 172 g/mol. The first-order chi connectivity index (χ1) is 6.29. The highest BCUT2D eigenvalue weighted by molar-refractivity contribution is 5.83. The second-order valence-corrected chi connectivity index (χ2v) is 3.06. The highest BCUT2D eigenvalue weighted by Crippen LogP contribution is 2.23. The summed E-state index contributed by atoms with van der Waals surface area (Å²) in [5, 5.41) is 11.3. The molecule has 0 bridgehead atoms. The maximum absolute atomic E-state index is 10.6. The second kappa shape index (κ2) is 2.91. The minimum Gasteiger partial charge on any atom is -0.349 e. The fraction of sp³-hybridized carbons (Fsp3) is 0.200. The van der Waals surface area contributed by atoms with Crippen molar-refractivity contribution < 1.29 is 4.79 Å². The van der Waals surface area contributed by atoms with Crippen molar-refractivity contribution in [1.29, 1.82) is 5.26 Å². The van der Waals surface area contributed by atoms with Gasteiger partial charge >= 0.3 is 0 Å². The van der Waals surface area contributed by atoms with Crippen molar-refractivity contribution in [1.82, 2.24) is 5.32 Å². The Morgan fingerprint density at radius 2 is 2.00 bits per heavy atom. The molecule has 0 unspecified atom stereocenters. The van der Waals surface area contributed by atoms with E-state index in [1.54, 1.807) is 12.1 Å². The van der Waals surface area contributed by atoms with Gasteiger partial charge in [0.25, 0.3) is 0 Å². The lowest BCUT2D eigenvalue weighted by Crippen LogP contribution is -2.41. The first-order valence-corrected chi connectivity index (χ1v) is 4.09. The van der Waals surface area contributed by atoms with Crippen LogP contribution in [0.4, 0.5) is 0 Å². The lowest BCUT2D eigenvalue weighted by atomic mass is 9.96. The van der Waals surface area contributed by atoms with Gasteiger partial charge < -0.3 is 5.32 Å². The highest BCUT2D eigenvalue weighted by atomic mass is 16.2. The van der Waals surface area contributed by atoms with Crippen LogP contribution in [0.1, 0.15) is 23.6 Å². The molecular weight excluding hydrogens is 164 g/mol. The van der Waals surface area contributed by atoms with Gasteiger partial charge in [0, 0.05) is 0 Å². The molecule has 1 aliphatic rings. The van der Waals surface area contributed by atoms with Crippen LogP contribution >= 0.6 is 0 Å². The van der Waals surface area contributed by atoms with Gasteiger partial charge in [-0.05, 0) is 17.7 Å². The molecule has 13 heavy (non-hydrogen) atoms. The minimum atomic E-state index is 0.0920. The third kappa shape index (κ3) is 1.38. The summed E-state index contributed by atoms with van der Waals surface area (Å²) in [5.41, 5.74) is 1.72. The maximum atomic E-state index is 10.6.